The number of H-pyrrole nitrogens is 1. The molecule has 90 valence electrons. The van der Waals surface area contributed by atoms with Crippen molar-refractivity contribution in [1.29, 1.82) is 0 Å². The number of aromatic amines is 1. The standard InChI is InChI=1S/C12H7FN2O3/c13-6-1-2-7-8(5-14-9(7)3-6)10-4-11(12(16)17)18-15-10/h1-5,14H,(H,16,17). The summed E-state index contributed by atoms with van der Waals surface area (Å²) in [4.78, 5) is 13.6. The molecule has 0 saturated heterocycles. The predicted octanol–water partition coefficient (Wildman–Crippen LogP) is 2.66. The molecular weight excluding hydrogens is 239 g/mol. The molecule has 0 aliphatic carbocycles. The van der Waals surface area contributed by atoms with Crippen LogP contribution in [-0.4, -0.2) is 21.2 Å². The maximum atomic E-state index is 13.0. The van der Waals surface area contributed by atoms with E-state index in [1.165, 1.54) is 18.2 Å². The molecule has 0 unspecified atom stereocenters. The molecule has 0 fully saturated rings. The Bertz CT molecular complexity index is 745. The summed E-state index contributed by atoms with van der Waals surface area (Å²) in [6.07, 6.45) is 1.63. The summed E-state index contributed by atoms with van der Waals surface area (Å²) in [6, 6.07) is 5.62. The molecule has 1 aromatic carbocycles. The summed E-state index contributed by atoms with van der Waals surface area (Å²) in [5.41, 5.74) is 1.68. The Labute approximate surface area is 99.8 Å². The highest BCUT2D eigenvalue weighted by molar-refractivity contribution is 5.95. The molecule has 0 amide bonds. The molecule has 3 rings (SSSR count). The highest BCUT2D eigenvalue weighted by Crippen LogP contribution is 2.28. The monoisotopic (exact) mass is 246 g/mol. The van der Waals surface area contributed by atoms with Gasteiger partial charge >= 0.3 is 5.97 Å². The maximum Gasteiger partial charge on any atom is 0.374 e. The summed E-state index contributed by atoms with van der Waals surface area (Å²) in [6.45, 7) is 0. The number of nitrogens with one attached hydrogen (secondary N) is 1. The van der Waals surface area contributed by atoms with Crippen LogP contribution in [0.25, 0.3) is 22.2 Å². The van der Waals surface area contributed by atoms with Crippen LogP contribution in [0.4, 0.5) is 4.39 Å². The number of fused-ring (bicyclic) bond motifs is 1. The van der Waals surface area contributed by atoms with Crippen molar-refractivity contribution >= 4 is 16.9 Å². The summed E-state index contributed by atoms with van der Waals surface area (Å²) in [7, 11) is 0. The van der Waals surface area contributed by atoms with Crippen molar-refractivity contribution in [3.8, 4) is 11.3 Å². The second kappa shape index (κ2) is 3.69. The highest BCUT2D eigenvalue weighted by atomic mass is 19.1. The smallest absolute Gasteiger partial charge is 0.374 e. The Morgan fingerprint density at radius 1 is 1.39 bits per heavy atom. The number of nitrogens with zero attached hydrogens (tertiary/aromatic N) is 1. The van der Waals surface area contributed by atoms with Gasteiger partial charge in [0.2, 0.25) is 5.76 Å². The van der Waals surface area contributed by atoms with Gasteiger partial charge in [-0.25, -0.2) is 9.18 Å². The minimum absolute atomic E-state index is 0.235. The first kappa shape index (κ1) is 10.5. The lowest BCUT2D eigenvalue weighted by atomic mass is 10.1. The summed E-state index contributed by atoms with van der Waals surface area (Å²) >= 11 is 0. The van der Waals surface area contributed by atoms with Crippen molar-refractivity contribution in [2.45, 2.75) is 0 Å². The molecule has 0 aliphatic heterocycles. The molecule has 2 N–H and O–H groups in total. The summed E-state index contributed by atoms with van der Waals surface area (Å²) < 4.78 is 17.7. The van der Waals surface area contributed by atoms with E-state index in [4.69, 9.17) is 5.11 Å². The van der Waals surface area contributed by atoms with Gasteiger partial charge in [-0.1, -0.05) is 5.16 Å². The first-order valence-corrected chi connectivity index (χ1v) is 5.12. The van der Waals surface area contributed by atoms with E-state index in [0.29, 0.717) is 16.8 Å². The molecule has 3 aromatic rings. The van der Waals surface area contributed by atoms with Gasteiger partial charge in [0.25, 0.3) is 0 Å². The van der Waals surface area contributed by atoms with E-state index in [1.54, 1.807) is 12.3 Å². The molecule has 0 bridgehead atoms. The highest BCUT2D eigenvalue weighted by Gasteiger charge is 2.15. The molecule has 6 heteroatoms. The zero-order chi connectivity index (χ0) is 12.7. The molecule has 2 aromatic heterocycles. The summed E-state index contributed by atoms with van der Waals surface area (Å²) in [5.74, 6) is -1.76. The van der Waals surface area contributed by atoms with Crippen molar-refractivity contribution in [3.63, 3.8) is 0 Å². The Balaban J connectivity index is 2.16. The van der Waals surface area contributed by atoms with E-state index in [2.05, 4.69) is 14.7 Å². The Morgan fingerprint density at radius 3 is 2.94 bits per heavy atom. The SMILES string of the molecule is O=C(O)c1cc(-c2c[nH]c3cc(F)ccc23)no1. The first-order valence-electron chi connectivity index (χ1n) is 5.12. The second-order valence-corrected chi connectivity index (χ2v) is 3.77. The van der Waals surface area contributed by atoms with Crippen LogP contribution in [0, 0.1) is 5.82 Å². The fraction of sp³-hybridized carbons (Fsp3) is 0. The van der Waals surface area contributed by atoms with E-state index >= 15 is 0 Å². The molecule has 0 saturated carbocycles. The van der Waals surface area contributed by atoms with Crippen LogP contribution in [0.15, 0.2) is 35.0 Å². The average molecular weight is 246 g/mol. The fourth-order valence-corrected chi connectivity index (χ4v) is 1.81. The largest absolute Gasteiger partial charge is 0.475 e. The third kappa shape index (κ3) is 1.55. The van der Waals surface area contributed by atoms with Crippen LogP contribution in [0.3, 0.4) is 0 Å². The van der Waals surface area contributed by atoms with Gasteiger partial charge in [-0.2, -0.15) is 0 Å². The van der Waals surface area contributed by atoms with E-state index < -0.39 is 5.97 Å². The van der Waals surface area contributed by atoms with E-state index in [-0.39, 0.29) is 11.6 Å². The predicted molar refractivity (Wildman–Crippen MR) is 60.7 cm³/mol. The van der Waals surface area contributed by atoms with E-state index in [9.17, 15) is 9.18 Å². The lowest BCUT2D eigenvalue weighted by Gasteiger charge is -1.93. The van der Waals surface area contributed by atoms with Gasteiger partial charge in [-0.05, 0) is 18.2 Å². The molecule has 5 nitrogen and oxygen atoms in total. The van der Waals surface area contributed by atoms with Gasteiger partial charge in [0.05, 0.1) is 0 Å². The van der Waals surface area contributed by atoms with Crippen LogP contribution in [0.2, 0.25) is 0 Å². The lowest BCUT2D eigenvalue weighted by Crippen LogP contribution is -1.91. The zero-order valence-corrected chi connectivity index (χ0v) is 8.98. The normalized spacial score (nSPS) is 10.9. The third-order valence-corrected chi connectivity index (χ3v) is 2.64. The fourth-order valence-electron chi connectivity index (χ4n) is 1.81. The van der Waals surface area contributed by atoms with Gasteiger partial charge < -0.3 is 14.6 Å². The number of carboxylic acid groups (broad SMARTS) is 1. The average Bonchev–Trinajstić information content (AvgIpc) is 2.92. The lowest BCUT2D eigenvalue weighted by molar-refractivity contribution is 0.0652. The van der Waals surface area contributed by atoms with Gasteiger partial charge in [0.1, 0.15) is 11.5 Å². The Kier molecular flexibility index (Phi) is 2.16. The molecule has 0 spiro atoms. The van der Waals surface area contributed by atoms with Crippen LogP contribution in [0.1, 0.15) is 10.6 Å². The number of aromatic carboxylic acids is 1. The number of hydrogen-bond acceptors (Lipinski definition) is 3. The molecular formula is C12H7FN2O3. The molecule has 2 heterocycles. The zero-order valence-electron chi connectivity index (χ0n) is 8.98. The van der Waals surface area contributed by atoms with Crippen molar-refractivity contribution in [2.75, 3.05) is 0 Å². The molecule has 0 aliphatic rings. The van der Waals surface area contributed by atoms with E-state index in [1.807, 2.05) is 0 Å². The van der Waals surface area contributed by atoms with Gasteiger partial charge in [0.15, 0.2) is 0 Å². The number of aromatic nitrogens is 2. The Morgan fingerprint density at radius 2 is 2.22 bits per heavy atom. The van der Waals surface area contributed by atoms with Gasteiger partial charge in [0, 0.05) is 28.7 Å². The van der Waals surface area contributed by atoms with Crippen molar-refractivity contribution in [3.05, 3.63) is 42.0 Å². The molecule has 0 radical (unpaired) electrons. The van der Waals surface area contributed by atoms with Crippen LogP contribution >= 0.6 is 0 Å². The second-order valence-electron chi connectivity index (χ2n) is 3.77. The molecule has 0 atom stereocenters. The topological polar surface area (TPSA) is 79.1 Å². The number of carboxylic acids is 1. The van der Waals surface area contributed by atoms with Crippen LogP contribution in [0.5, 0.6) is 0 Å². The first-order chi connectivity index (χ1) is 8.65. The minimum Gasteiger partial charge on any atom is -0.475 e. The number of hydrogen-bond donors (Lipinski definition) is 2. The van der Waals surface area contributed by atoms with Gasteiger partial charge in [-0.3, -0.25) is 0 Å². The maximum absolute atomic E-state index is 13.0. The minimum atomic E-state index is -1.18. The Hall–Kier alpha value is -2.63. The van der Waals surface area contributed by atoms with Gasteiger partial charge in [-0.15, -0.1) is 0 Å². The molecule has 18 heavy (non-hydrogen) atoms. The van der Waals surface area contributed by atoms with E-state index in [0.717, 1.165) is 5.39 Å². The van der Waals surface area contributed by atoms with Crippen molar-refractivity contribution in [2.24, 2.45) is 0 Å². The summed E-state index contributed by atoms with van der Waals surface area (Å²) in [5, 5.41) is 13.2. The number of carbonyl (C=O) groups is 1. The van der Waals surface area contributed by atoms with Crippen LogP contribution < -0.4 is 0 Å². The van der Waals surface area contributed by atoms with Crippen molar-refractivity contribution < 1.29 is 18.8 Å². The number of benzene rings is 1. The number of halogens is 1. The quantitative estimate of drug-likeness (QED) is 0.728. The van der Waals surface area contributed by atoms with Crippen molar-refractivity contribution in [1.82, 2.24) is 10.1 Å². The number of rotatable bonds is 2. The van der Waals surface area contributed by atoms with Crippen LogP contribution in [-0.2, 0) is 0 Å². The third-order valence-electron chi connectivity index (χ3n) is 2.64.